The fraction of sp³-hybridized carbons (Fsp3) is 0.476. The molecule has 4 heterocycles. The average Bonchev–Trinajstić information content (AvgIpc) is 3.00. The van der Waals surface area contributed by atoms with Gasteiger partial charge < -0.3 is 9.88 Å². The number of nitrogens with zero attached hydrogens (tertiary/aromatic N) is 2. The van der Waals surface area contributed by atoms with Gasteiger partial charge in [0.2, 0.25) is 0 Å². The molecule has 3 aliphatic rings. The Morgan fingerprint density at radius 1 is 1.16 bits per heavy atom. The lowest BCUT2D eigenvalue weighted by Crippen LogP contribution is -2.62. The molecule has 25 heavy (non-hydrogen) atoms. The molecular formula is C21H27N3O. The van der Waals surface area contributed by atoms with Crippen molar-refractivity contribution in [1.82, 2.24) is 14.8 Å². The van der Waals surface area contributed by atoms with Crippen molar-refractivity contribution in [3.05, 3.63) is 47.7 Å². The first-order valence-corrected chi connectivity index (χ1v) is 9.32. The van der Waals surface area contributed by atoms with Crippen LogP contribution in [0.15, 0.2) is 36.4 Å². The summed E-state index contributed by atoms with van der Waals surface area (Å²) in [6.07, 6.45) is 2.41. The number of nitrogens with one attached hydrogen (secondary N) is 1. The third-order valence-corrected chi connectivity index (χ3v) is 6.14. The van der Waals surface area contributed by atoms with Crippen LogP contribution < -0.4 is 5.32 Å². The molecule has 1 amide bonds. The second kappa shape index (κ2) is 6.34. The lowest BCUT2D eigenvalue weighted by atomic mass is 9.79. The molecule has 2 aromatic rings. The van der Waals surface area contributed by atoms with E-state index >= 15 is 0 Å². The van der Waals surface area contributed by atoms with E-state index in [1.54, 1.807) is 0 Å². The Hall–Kier alpha value is -2.07. The summed E-state index contributed by atoms with van der Waals surface area (Å²) in [5, 5.41) is 3.33. The maximum atomic E-state index is 12.9. The minimum Gasteiger partial charge on any atom is -0.346 e. The van der Waals surface area contributed by atoms with E-state index in [9.17, 15) is 4.79 Å². The van der Waals surface area contributed by atoms with Crippen molar-refractivity contribution < 1.29 is 4.79 Å². The molecule has 0 radical (unpaired) electrons. The van der Waals surface area contributed by atoms with Crippen LogP contribution in [0.1, 0.15) is 35.8 Å². The number of piperidine rings is 3. The predicted octanol–water partition coefficient (Wildman–Crippen LogP) is 3.21. The van der Waals surface area contributed by atoms with Crippen LogP contribution in [0.5, 0.6) is 0 Å². The molecular weight excluding hydrogens is 310 g/mol. The van der Waals surface area contributed by atoms with Crippen molar-refractivity contribution in [3.63, 3.8) is 0 Å². The highest BCUT2D eigenvalue weighted by atomic mass is 16.2. The largest absolute Gasteiger partial charge is 0.346 e. The summed E-state index contributed by atoms with van der Waals surface area (Å²) < 4.78 is 2.01. The van der Waals surface area contributed by atoms with Crippen molar-refractivity contribution >= 4 is 5.91 Å². The maximum Gasteiger partial charge on any atom is 0.268 e. The van der Waals surface area contributed by atoms with Crippen molar-refractivity contribution in [2.45, 2.75) is 38.8 Å². The van der Waals surface area contributed by atoms with E-state index in [0.29, 0.717) is 12.0 Å². The fourth-order valence-electron chi connectivity index (χ4n) is 4.60. The highest BCUT2D eigenvalue weighted by molar-refractivity contribution is 5.94. The summed E-state index contributed by atoms with van der Waals surface area (Å²) in [6.45, 7) is 6.70. The monoisotopic (exact) mass is 337 g/mol. The lowest BCUT2D eigenvalue weighted by molar-refractivity contribution is 0.0215. The van der Waals surface area contributed by atoms with Gasteiger partial charge in [-0.2, -0.15) is 0 Å². The normalized spacial score (nSPS) is 28.1. The lowest BCUT2D eigenvalue weighted by Gasteiger charge is -2.49. The zero-order valence-corrected chi connectivity index (χ0v) is 15.3. The zero-order chi connectivity index (χ0) is 17.6. The second-order valence-electron chi connectivity index (χ2n) is 7.65. The molecule has 1 aromatic heterocycles. The van der Waals surface area contributed by atoms with Crippen LogP contribution in [-0.4, -0.2) is 40.5 Å². The van der Waals surface area contributed by atoms with Gasteiger partial charge in [0.1, 0.15) is 5.69 Å². The number of amides is 1. The van der Waals surface area contributed by atoms with Crippen molar-refractivity contribution in [2.75, 3.05) is 13.1 Å². The third kappa shape index (κ3) is 2.89. The van der Waals surface area contributed by atoms with E-state index in [0.717, 1.165) is 17.0 Å². The number of fused-ring (bicyclic) bond motifs is 3. The van der Waals surface area contributed by atoms with Gasteiger partial charge in [0.25, 0.3) is 5.91 Å². The number of benzene rings is 1. The SMILES string of the molecule is Cc1cccc(-c2ccc(C(=O)N[C@@H]3C4CCN(CC4)[C@H]3C)n2C)c1. The molecule has 4 heteroatoms. The smallest absolute Gasteiger partial charge is 0.268 e. The first-order valence-electron chi connectivity index (χ1n) is 9.32. The molecule has 1 N–H and O–H groups in total. The van der Waals surface area contributed by atoms with Gasteiger partial charge in [0.15, 0.2) is 0 Å². The van der Waals surface area contributed by atoms with Gasteiger partial charge in [0.05, 0.1) is 0 Å². The molecule has 132 valence electrons. The van der Waals surface area contributed by atoms with E-state index in [1.165, 1.54) is 31.5 Å². The van der Waals surface area contributed by atoms with E-state index in [-0.39, 0.29) is 11.9 Å². The summed E-state index contributed by atoms with van der Waals surface area (Å²) in [4.78, 5) is 15.4. The van der Waals surface area contributed by atoms with Gasteiger partial charge in [-0.15, -0.1) is 0 Å². The summed E-state index contributed by atoms with van der Waals surface area (Å²) in [7, 11) is 1.98. The van der Waals surface area contributed by atoms with Gasteiger partial charge in [-0.05, 0) is 69.5 Å². The second-order valence-corrected chi connectivity index (χ2v) is 7.65. The van der Waals surface area contributed by atoms with E-state index in [2.05, 4.69) is 48.3 Å². The standard InChI is InChI=1S/C21H27N3O/c1-14-5-4-6-17(13-14)18-7-8-19(23(18)3)21(25)22-20-15(2)24-11-9-16(20)10-12-24/h4-8,13,15-16,20H,9-12H2,1-3H3,(H,22,25)/t15-,20-/m0/s1. The number of rotatable bonds is 3. The summed E-state index contributed by atoms with van der Waals surface area (Å²) in [5.74, 6) is 0.674. The number of aromatic nitrogens is 1. The molecule has 3 saturated heterocycles. The fourth-order valence-corrected chi connectivity index (χ4v) is 4.60. The maximum absolute atomic E-state index is 12.9. The van der Waals surface area contributed by atoms with Gasteiger partial charge in [-0.1, -0.05) is 23.8 Å². The molecule has 0 saturated carbocycles. The Kier molecular flexibility index (Phi) is 4.16. The van der Waals surface area contributed by atoms with Gasteiger partial charge >= 0.3 is 0 Å². The van der Waals surface area contributed by atoms with E-state index < -0.39 is 0 Å². The Morgan fingerprint density at radius 3 is 2.60 bits per heavy atom. The molecule has 2 atom stereocenters. The minimum absolute atomic E-state index is 0.0482. The Bertz CT molecular complexity index is 784. The number of carbonyl (C=O) groups is 1. The minimum atomic E-state index is 0.0482. The molecule has 2 bridgehead atoms. The Labute approximate surface area is 149 Å². The highest BCUT2D eigenvalue weighted by Crippen LogP contribution is 2.32. The van der Waals surface area contributed by atoms with Gasteiger partial charge in [0, 0.05) is 24.8 Å². The Morgan fingerprint density at radius 2 is 1.92 bits per heavy atom. The van der Waals surface area contributed by atoms with Crippen LogP contribution in [0.2, 0.25) is 0 Å². The van der Waals surface area contributed by atoms with Crippen LogP contribution in [0, 0.1) is 12.8 Å². The third-order valence-electron chi connectivity index (χ3n) is 6.14. The molecule has 1 aromatic carbocycles. The first kappa shape index (κ1) is 16.4. The topological polar surface area (TPSA) is 37.3 Å². The average molecular weight is 337 g/mol. The molecule has 3 fully saturated rings. The quantitative estimate of drug-likeness (QED) is 0.934. The van der Waals surface area contributed by atoms with Gasteiger partial charge in [-0.3, -0.25) is 9.69 Å². The number of aryl methyl sites for hydroxylation is 1. The Balaban J connectivity index is 1.55. The van der Waals surface area contributed by atoms with Crippen LogP contribution in [0.25, 0.3) is 11.3 Å². The number of hydrogen-bond acceptors (Lipinski definition) is 2. The van der Waals surface area contributed by atoms with Crippen LogP contribution in [-0.2, 0) is 7.05 Å². The number of hydrogen-bond donors (Lipinski definition) is 1. The molecule has 3 aliphatic heterocycles. The molecule has 4 nitrogen and oxygen atoms in total. The van der Waals surface area contributed by atoms with Crippen LogP contribution in [0.4, 0.5) is 0 Å². The summed E-state index contributed by atoms with van der Waals surface area (Å²) in [5.41, 5.74) is 4.19. The zero-order valence-electron chi connectivity index (χ0n) is 15.3. The molecule has 5 rings (SSSR count). The molecule has 0 unspecified atom stereocenters. The van der Waals surface area contributed by atoms with Crippen LogP contribution >= 0.6 is 0 Å². The van der Waals surface area contributed by atoms with E-state index in [4.69, 9.17) is 0 Å². The highest BCUT2D eigenvalue weighted by Gasteiger charge is 2.40. The molecule has 0 aliphatic carbocycles. The predicted molar refractivity (Wildman–Crippen MR) is 101 cm³/mol. The van der Waals surface area contributed by atoms with Gasteiger partial charge in [-0.25, -0.2) is 0 Å². The van der Waals surface area contributed by atoms with Crippen molar-refractivity contribution in [3.8, 4) is 11.3 Å². The van der Waals surface area contributed by atoms with Crippen LogP contribution in [0.3, 0.4) is 0 Å². The van der Waals surface area contributed by atoms with Crippen molar-refractivity contribution in [2.24, 2.45) is 13.0 Å². The first-order chi connectivity index (χ1) is 12.0. The molecule has 0 spiro atoms. The van der Waals surface area contributed by atoms with E-state index in [1.807, 2.05) is 23.7 Å². The summed E-state index contributed by atoms with van der Waals surface area (Å²) in [6, 6.07) is 13.1. The number of carbonyl (C=O) groups excluding carboxylic acids is 1. The summed E-state index contributed by atoms with van der Waals surface area (Å²) >= 11 is 0. The van der Waals surface area contributed by atoms with Crippen molar-refractivity contribution in [1.29, 1.82) is 0 Å².